The van der Waals surface area contributed by atoms with E-state index in [1.807, 2.05) is 0 Å². The number of fused-ring (bicyclic) bond motifs is 1. The second kappa shape index (κ2) is 5.26. The topological polar surface area (TPSA) is 78.9 Å². The maximum atomic E-state index is 13.0. The smallest absolute Gasteiger partial charge is 0.236 e. The van der Waals surface area contributed by atoms with Crippen molar-refractivity contribution in [3.63, 3.8) is 0 Å². The fourth-order valence-corrected chi connectivity index (χ4v) is 4.36. The molecule has 3 rings (SSSR count). The second-order valence-corrected chi connectivity index (χ2v) is 6.67. The molecule has 2 atom stereocenters. The largest absolute Gasteiger partial charge is 0.409 e. The highest BCUT2D eigenvalue weighted by Crippen LogP contribution is 2.45. The summed E-state index contributed by atoms with van der Waals surface area (Å²) in [5.74, 6) is 0.910. The van der Waals surface area contributed by atoms with Crippen molar-refractivity contribution in [2.24, 2.45) is 22.2 Å². The molecule has 2 aliphatic carbocycles. The van der Waals surface area contributed by atoms with Gasteiger partial charge in [-0.15, -0.1) is 0 Å². The van der Waals surface area contributed by atoms with Gasteiger partial charge in [0.15, 0.2) is 5.84 Å². The molecule has 0 bridgehead atoms. The fourth-order valence-electron chi connectivity index (χ4n) is 4.36. The van der Waals surface area contributed by atoms with E-state index in [4.69, 9.17) is 10.9 Å². The van der Waals surface area contributed by atoms with Crippen molar-refractivity contribution in [3.8, 4) is 0 Å². The molecule has 2 saturated carbocycles. The first-order valence-corrected chi connectivity index (χ1v) is 7.98. The molecule has 1 aliphatic heterocycles. The third kappa shape index (κ3) is 1.98. The molecule has 0 spiro atoms. The van der Waals surface area contributed by atoms with Crippen molar-refractivity contribution in [3.05, 3.63) is 0 Å². The summed E-state index contributed by atoms with van der Waals surface area (Å²) >= 11 is 0. The molecule has 3 fully saturated rings. The number of carbonyl (C=O) groups is 1. The van der Waals surface area contributed by atoms with Gasteiger partial charge in [-0.2, -0.15) is 0 Å². The molecule has 1 heterocycles. The van der Waals surface area contributed by atoms with Gasteiger partial charge in [-0.1, -0.05) is 24.4 Å². The minimum absolute atomic E-state index is 0.117. The van der Waals surface area contributed by atoms with E-state index in [2.05, 4.69) is 10.1 Å². The molecule has 0 radical (unpaired) electrons. The van der Waals surface area contributed by atoms with Gasteiger partial charge in [0.25, 0.3) is 0 Å². The summed E-state index contributed by atoms with van der Waals surface area (Å²) in [6.07, 6.45) is 9.71. The van der Waals surface area contributed by atoms with Gasteiger partial charge in [-0.05, 0) is 44.4 Å². The van der Waals surface area contributed by atoms with E-state index in [9.17, 15) is 4.79 Å². The Morgan fingerprint density at radius 2 is 1.85 bits per heavy atom. The van der Waals surface area contributed by atoms with Crippen LogP contribution >= 0.6 is 0 Å². The van der Waals surface area contributed by atoms with Crippen molar-refractivity contribution >= 4 is 11.7 Å². The number of amidine groups is 1. The lowest BCUT2D eigenvalue weighted by molar-refractivity contribution is -0.148. The zero-order valence-corrected chi connectivity index (χ0v) is 12.1. The third-order valence-electron chi connectivity index (χ3n) is 5.72. The Hall–Kier alpha value is -1.26. The van der Waals surface area contributed by atoms with E-state index in [1.54, 1.807) is 0 Å². The number of hydrogen-bond donors (Lipinski definition) is 2. The van der Waals surface area contributed by atoms with Crippen molar-refractivity contribution < 1.29 is 10.0 Å². The summed E-state index contributed by atoms with van der Waals surface area (Å²) in [6, 6.07) is 0.397. The predicted molar refractivity (Wildman–Crippen MR) is 76.4 cm³/mol. The number of rotatable bonds is 2. The van der Waals surface area contributed by atoms with Crippen LogP contribution in [0.1, 0.15) is 57.8 Å². The van der Waals surface area contributed by atoms with E-state index in [1.165, 1.54) is 25.7 Å². The summed E-state index contributed by atoms with van der Waals surface area (Å²) < 4.78 is 0. The van der Waals surface area contributed by atoms with Crippen LogP contribution in [0, 0.1) is 11.3 Å². The summed E-state index contributed by atoms with van der Waals surface area (Å²) in [5.41, 5.74) is 5.14. The normalized spacial score (nSPS) is 33.2. The monoisotopic (exact) mass is 279 g/mol. The van der Waals surface area contributed by atoms with Gasteiger partial charge in [0.05, 0.1) is 0 Å². The van der Waals surface area contributed by atoms with Crippen molar-refractivity contribution in [2.75, 3.05) is 6.54 Å². The molecule has 5 heteroatoms. The Bertz CT molecular complexity index is 415. The molecular formula is C15H25N3O2. The number of amides is 1. The molecule has 112 valence electrons. The second-order valence-electron chi connectivity index (χ2n) is 6.67. The molecule has 5 nitrogen and oxygen atoms in total. The maximum absolute atomic E-state index is 13.0. The number of oxime groups is 1. The van der Waals surface area contributed by atoms with E-state index in [0.29, 0.717) is 12.0 Å². The molecule has 0 aromatic heterocycles. The maximum Gasteiger partial charge on any atom is 0.236 e. The Balaban J connectivity index is 1.81. The van der Waals surface area contributed by atoms with E-state index in [-0.39, 0.29) is 11.7 Å². The van der Waals surface area contributed by atoms with Crippen LogP contribution in [0.3, 0.4) is 0 Å². The molecular weight excluding hydrogens is 254 g/mol. The Morgan fingerprint density at radius 1 is 1.15 bits per heavy atom. The van der Waals surface area contributed by atoms with Crippen LogP contribution in [-0.4, -0.2) is 34.4 Å². The Kier molecular flexibility index (Phi) is 3.61. The van der Waals surface area contributed by atoms with Crippen LogP contribution < -0.4 is 5.73 Å². The van der Waals surface area contributed by atoms with Crippen LogP contribution in [0.25, 0.3) is 0 Å². The van der Waals surface area contributed by atoms with Gasteiger partial charge in [0.2, 0.25) is 5.91 Å². The summed E-state index contributed by atoms with van der Waals surface area (Å²) in [4.78, 5) is 15.1. The fraction of sp³-hybridized carbons (Fsp3) is 0.867. The molecule has 0 unspecified atom stereocenters. The predicted octanol–water partition coefficient (Wildman–Crippen LogP) is 2.08. The van der Waals surface area contributed by atoms with Gasteiger partial charge in [0, 0.05) is 12.6 Å². The van der Waals surface area contributed by atoms with E-state index >= 15 is 0 Å². The van der Waals surface area contributed by atoms with Gasteiger partial charge >= 0.3 is 0 Å². The molecule has 20 heavy (non-hydrogen) atoms. The van der Waals surface area contributed by atoms with Crippen LogP contribution in [0.5, 0.6) is 0 Å². The number of nitrogens with two attached hydrogens (primary N) is 1. The molecule has 1 saturated heterocycles. The summed E-state index contributed by atoms with van der Waals surface area (Å²) in [6.45, 7) is 0.848. The number of hydrogen-bond acceptors (Lipinski definition) is 3. The first-order valence-electron chi connectivity index (χ1n) is 7.98. The minimum Gasteiger partial charge on any atom is -0.409 e. The quantitative estimate of drug-likeness (QED) is 0.351. The molecule has 1 amide bonds. The van der Waals surface area contributed by atoms with Crippen LogP contribution in [0.2, 0.25) is 0 Å². The van der Waals surface area contributed by atoms with Crippen molar-refractivity contribution in [2.45, 2.75) is 63.8 Å². The lowest BCUT2D eigenvalue weighted by Crippen LogP contribution is -2.60. The van der Waals surface area contributed by atoms with Gasteiger partial charge < -0.3 is 15.8 Å². The van der Waals surface area contributed by atoms with Gasteiger partial charge in [0.1, 0.15) is 5.41 Å². The van der Waals surface area contributed by atoms with Crippen LogP contribution in [0.4, 0.5) is 0 Å². The highest BCUT2D eigenvalue weighted by Gasteiger charge is 2.52. The van der Waals surface area contributed by atoms with Gasteiger partial charge in [-0.25, -0.2) is 0 Å². The lowest BCUT2D eigenvalue weighted by atomic mass is 9.66. The molecule has 0 aromatic carbocycles. The number of carbonyl (C=O) groups excluding carboxylic acids is 1. The molecule has 3 N–H and O–H groups in total. The van der Waals surface area contributed by atoms with E-state index < -0.39 is 5.41 Å². The average molecular weight is 279 g/mol. The minimum atomic E-state index is -0.700. The van der Waals surface area contributed by atoms with Crippen molar-refractivity contribution in [1.29, 1.82) is 0 Å². The summed E-state index contributed by atoms with van der Waals surface area (Å²) in [5, 5.41) is 12.2. The first-order chi connectivity index (χ1) is 9.69. The molecule has 3 aliphatic rings. The number of likely N-dealkylation sites (tertiary alicyclic amines) is 1. The number of nitrogens with zero attached hydrogens (tertiary/aromatic N) is 2. The average Bonchev–Trinajstić information content (AvgIpc) is 2.45. The van der Waals surface area contributed by atoms with Crippen molar-refractivity contribution in [1.82, 2.24) is 4.90 Å². The number of piperidine rings is 1. The standard InChI is InChI=1S/C15H25N3O2/c16-13(17-20)15(8-4-9-15)14(19)18-10-3-6-11-5-1-2-7-12(11)18/h11-12,20H,1-10H2,(H2,16,17)/t11-,12-/m1/s1. The highest BCUT2D eigenvalue weighted by molar-refractivity contribution is 6.07. The van der Waals surface area contributed by atoms with Gasteiger partial charge in [-0.3, -0.25) is 4.79 Å². The molecule has 0 aromatic rings. The zero-order valence-electron chi connectivity index (χ0n) is 12.1. The zero-order chi connectivity index (χ0) is 14.2. The highest BCUT2D eigenvalue weighted by atomic mass is 16.4. The summed E-state index contributed by atoms with van der Waals surface area (Å²) in [7, 11) is 0. The SMILES string of the molecule is NC(=NO)C1(C(=O)N2CCC[C@H]3CCCC[C@H]32)CCC1. The van der Waals surface area contributed by atoms with Crippen LogP contribution in [-0.2, 0) is 4.79 Å². The van der Waals surface area contributed by atoms with E-state index in [0.717, 1.165) is 38.6 Å². The first kappa shape index (κ1) is 13.7. The van der Waals surface area contributed by atoms with Crippen LogP contribution in [0.15, 0.2) is 5.16 Å². The Morgan fingerprint density at radius 3 is 2.50 bits per heavy atom. The third-order valence-corrected chi connectivity index (χ3v) is 5.72. The Labute approximate surface area is 120 Å². The lowest BCUT2D eigenvalue weighted by Gasteiger charge is -2.49.